The Kier molecular flexibility index (Phi) is 4.08. The quantitative estimate of drug-likeness (QED) is 0.735. The Hall–Kier alpha value is -2.94. The lowest BCUT2D eigenvalue weighted by atomic mass is 10.2. The monoisotopic (exact) mass is 358 g/mol. The first kappa shape index (κ1) is 16.5. The maximum absolute atomic E-state index is 14.0. The van der Waals surface area contributed by atoms with Crippen LogP contribution in [0.5, 0.6) is 5.75 Å². The molecule has 0 bridgehead atoms. The first-order valence-electron chi connectivity index (χ1n) is 8.36. The van der Waals surface area contributed by atoms with Gasteiger partial charge in [0.2, 0.25) is 0 Å². The number of amides is 1. The molecule has 1 fully saturated rings. The van der Waals surface area contributed by atoms with E-state index in [2.05, 4.69) is 15.3 Å². The van der Waals surface area contributed by atoms with Crippen LogP contribution in [-0.4, -0.2) is 51.0 Å². The summed E-state index contributed by atoms with van der Waals surface area (Å²) in [5.74, 6) is -0.0756. The summed E-state index contributed by atoms with van der Waals surface area (Å²) in [7, 11) is 1.51. The van der Waals surface area contributed by atoms with E-state index in [-0.39, 0.29) is 17.5 Å². The van der Waals surface area contributed by atoms with Crippen molar-refractivity contribution in [1.29, 1.82) is 0 Å². The van der Waals surface area contributed by atoms with Gasteiger partial charge in [0.15, 0.2) is 0 Å². The van der Waals surface area contributed by atoms with Gasteiger partial charge in [-0.25, -0.2) is 9.07 Å². The van der Waals surface area contributed by atoms with Crippen LogP contribution in [0.4, 0.5) is 4.39 Å². The van der Waals surface area contributed by atoms with Crippen LogP contribution in [0.3, 0.4) is 0 Å². The van der Waals surface area contributed by atoms with Gasteiger partial charge in [-0.05, 0) is 24.6 Å². The topological polar surface area (TPSA) is 102 Å². The van der Waals surface area contributed by atoms with E-state index in [1.807, 2.05) is 6.20 Å². The molecular formula is C17H19FN6O2. The van der Waals surface area contributed by atoms with Gasteiger partial charge in [0.05, 0.1) is 30.6 Å². The molecule has 8 nitrogen and oxygen atoms in total. The number of hydrogen-bond donors (Lipinski definition) is 2. The molecule has 9 heteroatoms. The van der Waals surface area contributed by atoms with Crippen molar-refractivity contribution in [3.63, 3.8) is 0 Å². The van der Waals surface area contributed by atoms with Crippen LogP contribution in [0.1, 0.15) is 28.6 Å². The molecule has 0 aliphatic carbocycles. The second-order valence-corrected chi connectivity index (χ2v) is 6.31. The molecule has 3 aromatic rings. The number of ether oxygens (including phenoxy) is 1. The normalized spacial score (nSPS) is 17.2. The average Bonchev–Trinajstić information content (AvgIpc) is 3.39. The lowest BCUT2D eigenvalue weighted by molar-refractivity contribution is 0.0782. The largest absolute Gasteiger partial charge is 0.496 e. The summed E-state index contributed by atoms with van der Waals surface area (Å²) in [6, 6.07) is 4.56. The van der Waals surface area contributed by atoms with E-state index in [0.717, 1.165) is 6.42 Å². The second kappa shape index (κ2) is 6.41. The molecule has 1 atom stereocenters. The number of hydrogen-bond acceptors (Lipinski definition) is 5. The fraction of sp³-hybridized carbons (Fsp3) is 0.353. The molecule has 1 aliphatic heterocycles. The highest BCUT2D eigenvalue weighted by Gasteiger charge is 2.30. The molecule has 0 spiro atoms. The van der Waals surface area contributed by atoms with E-state index in [1.165, 1.54) is 13.2 Å². The Morgan fingerprint density at radius 3 is 3.08 bits per heavy atom. The fourth-order valence-corrected chi connectivity index (χ4v) is 3.35. The van der Waals surface area contributed by atoms with Gasteiger partial charge in [-0.15, -0.1) is 5.10 Å². The van der Waals surface area contributed by atoms with Gasteiger partial charge in [-0.2, -0.15) is 0 Å². The van der Waals surface area contributed by atoms with E-state index in [9.17, 15) is 9.18 Å². The minimum atomic E-state index is -0.420. The van der Waals surface area contributed by atoms with Crippen molar-refractivity contribution >= 4 is 16.8 Å². The Morgan fingerprint density at radius 1 is 1.50 bits per heavy atom. The molecule has 136 valence electrons. The molecule has 2 aromatic heterocycles. The number of nitrogens with zero attached hydrogens (tertiary/aromatic N) is 4. The van der Waals surface area contributed by atoms with Crippen molar-refractivity contribution in [2.24, 2.45) is 5.73 Å². The van der Waals surface area contributed by atoms with Crippen LogP contribution in [0.2, 0.25) is 0 Å². The minimum absolute atomic E-state index is 0.0578. The molecule has 0 saturated carbocycles. The van der Waals surface area contributed by atoms with Crippen LogP contribution < -0.4 is 10.5 Å². The van der Waals surface area contributed by atoms with Crippen molar-refractivity contribution < 1.29 is 13.9 Å². The highest BCUT2D eigenvalue weighted by molar-refractivity contribution is 6.00. The number of rotatable bonds is 4. The number of aromatic amines is 1. The number of benzene rings is 1. The van der Waals surface area contributed by atoms with Crippen LogP contribution in [0, 0.1) is 5.82 Å². The predicted molar refractivity (Wildman–Crippen MR) is 92.3 cm³/mol. The van der Waals surface area contributed by atoms with Gasteiger partial charge >= 0.3 is 0 Å². The molecule has 3 heterocycles. The zero-order valence-corrected chi connectivity index (χ0v) is 14.3. The summed E-state index contributed by atoms with van der Waals surface area (Å²) in [5.41, 5.74) is 6.89. The number of nitrogens with one attached hydrogen (secondary N) is 1. The number of carbonyl (C=O) groups is 1. The zero-order chi connectivity index (χ0) is 18.3. The van der Waals surface area contributed by atoms with Crippen LogP contribution in [0.15, 0.2) is 24.4 Å². The first-order valence-corrected chi connectivity index (χ1v) is 8.36. The molecule has 26 heavy (non-hydrogen) atoms. The Bertz CT molecular complexity index is 965. The predicted octanol–water partition coefficient (Wildman–Crippen LogP) is 1.45. The SMILES string of the molecule is COc1ccc(F)c2[nH]c(C(=O)N3CCC(n4cc(CN)nn4)C3)cc12. The van der Waals surface area contributed by atoms with Gasteiger partial charge in [-0.3, -0.25) is 4.79 Å². The highest BCUT2D eigenvalue weighted by atomic mass is 19.1. The third kappa shape index (κ3) is 2.70. The second-order valence-electron chi connectivity index (χ2n) is 6.31. The smallest absolute Gasteiger partial charge is 0.270 e. The van der Waals surface area contributed by atoms with Gasteiger partial charge in [0.25, 0.3) is 5.91 Å². The molecule has 1 saturated heterocycles. The van der Waals surface area contributed by atoms with Crippen molar-refractivity contribution in [1.82, 2.24) is 24.9 Å². The third-order valence-corrected chi connectivity index (χ3v) is 4.74. The van der Waals surface area contributed by atoms with Crippen LogP contribution in [-0.2, 0) is 6.54 Å². The summed E-state index contributed by atoms with van der Waals surface area (Å²) in [6.07, 6.45) is 2.58. The third-order valence-electron chi connectivity index (χ3n) is 4.74. The summed E-state index contributed by atoms with van der Waals surface area (Å²) < 4.78 is 21.0. The maximum atomic E-state index is 14.0. The van der Waals surface area contributed by atoms with E-state index in [4.69, 9.17) is 10.5 Å². The van der Waals surface area contributed by atoms with Gasteiger partial charge < -0.3 is 20.4 Å². The van der Waals surface area contributed by atoms with E-state index in [0.29, 0.717) is 42.2 Å². The van der Waals surface area contributed by atoms with Crippen molar-refractivity contribution in [2.75, 3.05) is 20.2 Å². The number of carbonyl (C=O) groups excluding carboxylic acids is 1. The van der Waals surface area contributed by atoms with Gasteiger partial charge in [-0.1, -0.05) is 5.21 Å². The Balaban J connectivity index is 1.56. The Morgan fingerprint density at radius 2 is 2.35 bits per heavy atom. The molecule has 1 aromatic carbocycles. The maximum Gasteiger partial charge on any atom is 0.270 e. The fourth-order valence-electron chi connectivity index (χ4n) is 3.35. The van der Waals surface area contributed by atoms with Gasteiger partial charge in [0.1, 0.15) is 17.3 Å². The summed E-state index contributed by atoms with van der Waals surface area (Å²) in [6.45, 7) is 1.44. The highest BCUT2D eigenvalue weighted by Crippen LogP contribution is 2.30. The average molecular weight is 358 g/mol. The van der Waals surface area contributed by atoms with Crippen molar-refractivity contribution in [3.8, 4) is 5.75 Å². The number of methoxy groups -OCH3 is 1. The van der Waals surface area contributed by atoms with Crippen LogP contribution in [0.25, 0.3) is 10.9 Å². The summed E-state index contributed by atoms with van der Waals surface area (Å²) >= 11 is 0. The molecule has 1 aliphatic rings. The zero-order valence-electron chi connectivity index (χ0n) is 14.3. The van der Waals surface area contributed by atoms with E-state index >= 15 is 0 Å². The Labute approximate surface area is 148 Å². The number of H-pyrrole nitrogens is 1. The molecule has 3 N–H and O–H groups in total. The number of aromatic nitrogens is 4. The van der Waals surface area contributed by atoms with E-state index in [1.54, 1.807) is 21.7 Å². The summed E-state index contributed by atoms with van der Waals surface area (Å²) in [4.78, 5) is 17.4. The van der Waals surface area contributed by atoms with Gasteiger partial charge in [0, 0.05) is 25.0 Å². The first-order chi connectivity index (χ1) is 12.6. The van der Waals surface area contributed by atoms with Crippen LogP contribution >= 0.6 is 0 Å². The molecule has 1 amide bonds. The number of halogens is 1. The van der Waals surface area contributed by atoms with E-state index < -0.39 is 5.82 Å². The lowest BCUT2D eigenvalue weighted by Gasteiger charge is -2.15. The van der Waals surface area contributed by atoms with Crippen molar-refractivity contribution in [2.45, 2.75) is 19.0 Å². The molecule has 1 unspecified atom stereocenters. The standard InChI is InChI=1S/C17H19FN6O2/c1-26-15-3-2-13(18)16-12(15)6-14(20-16)17(25)23-5-4-11(9-23)24-8-10(7-19)21-22-24/h2-3,6,8,11,20H,4-5,7,9,19H2,1H3. The minimum Gasteiger partial charge on any atom is -0.496 e. The van der Waals surface area contributed by atoms with Crippen molar-refractivity contribution in [3.05, 3.63) is 41.6 Å². The molecular weight excluding hydrogens is 339 g/mol. The number of fused-ring (bicyclic) bond motifs is 1. The summed E-state index contributed by atoms with van der Waals surface area (Å²) in [5, 5.41) is 8.62. The molecule has 4 rings (SSSR count). The number of likely N-dealkylation sites (tertiary alicyclic amines) is 1. The molecule has 0 radical (unpaired) electrons. The number of nitrogens with two attached hydrogens (primary N) is 1. The lowest BCUT2D eigenvalue weighted by Crippen LogP contribution is -2.29.